The van der Waals surface area contributed by atoms with E-state index in [2.05, 4.69) is 11.0 Å². The Balaban J connectivity index is 1.91. The molecule has 0 atom stereocenters. The van der Waals surface area contributed by atoms with Gasteiger partial charge in [0, 0.05) is 26.5 Å². The summed E-state index contributed by atoms with van der Waals surface area (Å²) in [6, 6.07) is 7.97. The molecule has 1 aromatic carbocycles. The van der Waals surface area contributed by atoms with Gasteiger partial charge in [-0.2, -0.15) is 5.26 Å². The monoisotopic (exact) mass is 316 g/mol. The van der Waals surface area contributed by atoms with Crippen molar-refractivity contribution in [2.24, 2.45) is 0 Å². The molecule has 0 spiro atoms. The standard InChI is InChI=1S/C17H20N2O4/c1-20-17(21-2)10-19-7-3-4-14(19)13(9-18)12-5-6-15-16(8-12)23-11-22-15/h5-6,8,17H,3-4,7,10-11H2,1-2H3/b14-13-. The van der Waals surface area contributed by atoms with E-state index >= 15 is 0 Å². The van der Waals surface area contributed by atoms with E-state index in [0.29, 0.717) is 17.9 Å². The van der Waals surface area contributed by atoms with Crippen LogP contribution in [0.5, 0.6) is 11.5 Å². The molecule has 3 rings (SSSR count). The molecule has 0 aliphatic carbocycles. The Labute approximate surface area is 135 Å². The summed E-state index contributed by atoms with van der Waals surface area (Å²) in [6.07, 6.45) is 1.59. The summed E-state index contributed by atoms with van der Waals surface area (Å²) in [5.41, 5.74) is 2.56. The molecular formula is C17H20N2O4. The van der Waals surface area contributed by atoms with Gasteiger partial charge in [-0.25, -0.2) is 0 Å². The molecule has 6 heteroatoms. The van der Waals surface area contributed by atoms with E-state index in [1.165, 1.54) is 0 Å². The van der Waals surface area contributed by atoms with Gasteiger partial charge in [0.1, 0.15) is 6.07 Å². The maximum atomic E-state index is 9.69. The van der Waals surface area contributed by atoms with Crippen molar-refractivity contribution < 1.29 is 18.9 Å². The number of likely N-dealkylation sites (tertiary alicyclic amines) is 1. The third kappa shape index (κ3) is 3.11. The van der Waals surface area contributed by atoms with Crippen molar-refractivity contribution in [3.63, 3.8) is 0 Å². The van der Waals surface area contributed by atoms with Gasteiger partial charge >= 0.3 is 0 Å². The Morgan fingerprint density at radius 1 is 1.30 bits per heavy atom. The third-order valence-electron chi connectivity index (χ3n) is 4.18. The average Bonchev–Trinajstić information content (AvgIpc) is 3.22. The maximum Gasteiger partial charge on any atom is 0.231 e. The van der Waals surface area contributed by atoms with Crippen LogP contribution in [0.4, 0.5) is 0 Å². The second kappa shape index (κ2) is 6.90. The first-order chi connectivity index (χ1) is 11.3. The number of nitrogens with zero attached hydrogens (tertiary/aromatic N) is 2. The Kier molecular flexibility index (Phi) is 4.70. The van der Waals surface area contributed by atoms with Gasteiger partial charge in [-0.15, -0.1) is 0 Å². The number of methoxy groups -OCH3 is 2. The van der Waals surface area contributed by atoms with Gasteiger partial charge in [-0.05, 0) is 36.6 Å². The number of benzene rings is 1. The predicted molar refractivity (Wildman–Crippen MR) is 83.7 cm³/mol. The minimum atomic E-state index is -0.306. The summed E-state index contributed by atoms with van der Waals surface area (Å²) in [5.74, 6) is 1.41. The number of nitriles is 1. The maximum absolute atomic E-state index is 9.69. The third-order valence-corrected chi connectivity index (χ3v) is 4.18. The fourth-order valence-corrected chi connectivity index (χ4v) is 2.99. The molecule has 0 radical (unpaired) electrons. The molecule has 0 amide bonds. The zero-order chi connectivity index (χ0) is 16.2. The lowest BCUT2D eigenvalue weighted by molar-refractivity contribution is -0.111. The highest BCUT2D eigenvalue weighted by Gasteiger charge is 2.25. The van der Waals surface area contributed by atoms with Crippen molar-refractivity contribution in [1.29, 1.82) is 5.26 Å². The Morgan fingerprint density at radius 2 is 2.09 bits per heavy atom. The van der Waals surface area contributed by atoms with E-state index in [9.17, 15) is 5.26 Å². The second-order valence-electron chi connectivity index (χ2n) is 5.45. The molecule has 1 aromatic rings. The van der Waals surface area contributed by atoms with Crippen LogP contribution in [0.15, 0.2) is 23.9 Å². The Morgan fingerprint density at radius 3 is 2.83 bits per heavy atom. The highest BCUT2D eigenvalue weighted by molar-refractivity contribution is 5.80. The van der Waals surface area contributed by atoms with Gasteiger partial charge in [-0.1, -0.05) is 0 Å². The summed E-state index contributed by atoms with van der Waals surface area (Å²) >= 11 is 0. The molecule has 122 valence electrons. The van der Waals surface area contributed by atoms with Gasteiger partial charge in [0.25, 0.3) is 0 Å². The fourth-order valence-electron chi connectivity index (χ4n) is 2.99. The number of hydrogen-bond donors (Lipinski definition) is 0. The Hall–Kier alpha value is -2.23. The van der Waals surface area contributed by atoms with E-state index in [0.717, 1.165) is 36.4 Å². The van der Waals surface area contributed by atoms with Gasteiger partial charge in [-0.3, -0.25) is 0 Å². The number of rotatable bonds is 5. The lowest BCUT2D eigenvalue weighted by Gasteiger charge is -2.25. The van der Waals surface area contributed by atoms with Crippen molar-refractivity contribution in [3.8, 4) is 17.6 Å². The van der Waals surface area contributed by atoms with E-state index in [1.807, 2.05) is 18.2 Å². The molecule has 0 N–H and O–H groups in total. The van der Waals surface area contributed by atoms with E-state index in [-0.39, 0.29) is 13.1 Å². The summed E-state index contributed by atoms with van der Waals surface area (Å²) in [5, 5.41) is 9.69. The van der Waals surface area contributed by atoms with Crippen LogP contribution in [0.1, 0.15) is 18.4 Å². The van der Waals surface area contributed by atoms with E-state index in [4.69, 9.17) is 18.9 Å². The topological polar surface area (TPSA) is 64.0 Å². The zero-order valence-electron chi connectivity index (χ0n) is 13.4. The quantitative estimate of drug-likeness (QED) is 0.614. The van der Waals surface area contributed by atoms with E-state index < -0.39 is 0 Å². The minimum absolute atomic E-state index is 0.229. The summed E-state index contributed by atoms with van der Waals surface area (Å²) in [6.45, 7) is 1.74. The number of hydrogen-bond acceptors (Lipinski definition) is 6. The number of allylic oxidation sites excluding steroid dienone is 2. The van der Waals surface area contributed by atoms with Crippen LogP contribution in [0.2, 0.25) is 0 Å². The van der Waals surface area contributed by atoms with Crippen LogP contribution in [0.25, 0.3) is 5.57 Å². The average molecular weight is 316 g/mol. The van der Waals surface area contributed by atoms with Crippen LogP contribution < -0.4 is 9.47 Å². The zero-order valence-corrected chi connectivity index (χ0v) is 13.4. The molecule has 2 aliphatic heterocycles. The SMILES string of the molecule is COC(CN1CCC/C1=C(\C#N)c1ccc2c(c1)OCO2)OC. The molecule has 2 heterocycles. The van der Waals surface area contributed by atoms with Crippen molar-refractivity contribution in [2.75, 3.05) is 34.1 Å². The largest absolute Gasteiger partial charge is 0.454 e. The molecular weight excluding hydrogens is 296 g/mol. The second-order valence-corrected chi connectivity index (χ2v) is 5.45. The molecule has 6 nitrogen and oxygen atoms in total. The molecule has 0 aromatic heterocycles. The number of fused-ring (bicyclic) bond motifs is 1. The van der Waals surface area contributed by atoms with Crippen LogP contribution in [-0.4, -0.2) is 45.3 Å². The normalized spacial score (nSPS) is 18.4. The number of ether oxygens (including phenoxy) is 4. The first-order valence-electron chi connectivity index (χ1n) is 7.60. The first-order valence-corrected chi connectivity index (χ1v) is 7.60. The summed E-state index contributed by atoms with van der Waals surface area (Å²) < 4.78 is 21.3. The van der Waals surface area contributed by atoms with Crippen molar-refractivity contribution >= 4 is 5.57 Å². The van der Waals surface area contributed by atoms with Crippen LogP contribution in [0.3, 0.4) is 0 Å². The lowest BCUT2D eigenvalue weighted by atomic mass is 10.0. The van der Waals surface area contributed by atoms with Crippen molar-refractivity contribution in [3.05, 3.63) is 29.5 Å². The molecule has 0 bridgehead atoms. The lowest BCUT2D eigenvalue weighted by Crippen LogP contribution is -2.31. The smallest absolute Gasteiger partial charge is 0.231 e. The summed E-state index contributed by atoms with van der Waals surface area (Å²) in [7, 11) is 3.24. The minimum Gasteiger partial charge on any atom is -0.454 e. The first kappa shape index (κ1) is 15.7. The van der Waals surface area contributed by atoms with Crippen LogP contribution in [-0.2, 0) is 9.47 Å². The van der Waals surface area contributed by atoms with Gasteiger partial charge in [0.2, 0.25) is 6.79 Å². The van der Waals surface area contributed by atoms with E-state index in [1.54, 1.807) is 14.2 Å². The van der Waals surface area contributed by atoms with Crippen LogP contribution in [0, 0.1) is 11.3 Å². The van der Waals surface area contributed by atoms with Gasteiger partial charge in [0.05, 0.1) is 12.1 Å². The predicted octanol–water partition coefficient (Wildman–Crippen LogP) is 2.36. The highest BCUT2D eigenvalue weighted by atomic mass is 16.7. The molecule has 0 saturated carbocycles. The molecule has 1 saturated heterocycles. The molecule has 0 unspecified atom stereocenters. The molecule has 1 fully saturated rings. The highest BCUT2D eigenvalue weighted by Crippen LogP contribution is 2.37. The fraction of sp³-hybridized carbons (Fsp3) is 0.471. The summed E-state index contributed by atoms with van der Waals surface area (Å²) in [4.78, 5) is 2.17. The van der Waals surface area contributed by atoms with Crippen molar-refractivity contribution in [2.45, 2.75) is 19.1 Å². The van der Waals surface area contributed by atoms with Crippen molar-refractivity contribution in [1.82, 2.24) is 4.90 Å². The molecule has 2 aliphatic rings. The molecule has 23 heavy (non-hydrogen) atoms. The van der Waals surface area contributed by atoms with Gasteiger partial charge in [0.15, 0.2) is 17.8 Å². The van der Waals surface area contributed by atoms with Gasteiger partial charge < -0.3 is 23.8 Å². The van der Waals surface area contributed by atoms with Crippen LogP contribution >= 0.6 is 0 Å². The Bertz CT molecular complexity index is 646.